The molecule has 0 radical (unpaired) electrons. The minimum absolute atomic E-state index is 0.0497. The number of para-hydroxylation sites is 1. The smallest absolute Gasteiger partial charge is 0.273 e. The average molecular weight is 322 g/mol. The molecule has 23 heavy (non-hydrogen) atoms. The number of hydrogen-bond acceptors (Lipinski definition) is 4. The minimum atomic E-state index is -0.969. The third-order valence-corrected chi connectivity index (χ3v) is 3.22. The summed E-state index contributed by atoms with van der Waals surface area (Å²) in [6, 6.07) is 9.63. The van der Waals surface area contributed by atoms with Gasteiger partial charge < -0.3 is 10.1 Å². The van der Waals surface area contributed by atoms with Crippen molar-refractivity contribution in [2.45, 2.75) is 19.5 Å². The molecule has 0 spiro atoms. The monoisotopic (exact) mass is 322 g/mol. The first kappa shape index (κ1) is 16.8. The lowest BCUT2D eigenvalue weighted by Crippen LogP contribution is -2.31. The Morgan fingerprint density at radius 1 is 1.22 bits per heavy atom. The van der Waals surface area contributed by atoms with Crippen LogP contribution >= 0.6 is 0 Å². The summed E-state index contributed by atoms with van der Waals surface area (Å²) in [5.74, 6) is -1.67. The Balaban J connectivity index is 1.87. The van der Waals surface area contributed by atoms with Crippen LogP contribution in [0.2, 0.25) is 0 Å². The summed E-state index contributed by atoms with van der Waals surface area (Å²) in [5, 5.41) is 14.0. The van der Waals surface area contributed by atoms with Crippen LogP contribution in [0.25, 0.3) is 0 Å². The summed E-state index contributed by atoms with van der Waals surface area (Å²) in [4.78, 5) is 10.5. The second-order valence-corrected chi connectivity index (χ2v) is 5.05. The molecule has 0 aliphatic heterocycles. The van der Waals surface area contributed by atoms with Crippen LogP contribution in [0, 0.1) is 21.7 Å². The standard InChI is InChI=1S/C16H16F2N2O3/c1-11(10-23-13-6-7-14(17)15(18)8-13)19-9-12-4-2-3-5-16(12)20(21)22/h2-8,11,19H,9-10H2,1H3. The molecule has 0 aliphatic rings. The molecule has 2 aromatic carbocycles. The van der Waals surface area contributed by atoms with Crippen molar-refractivity contribution in [1.29, 1.82) is 0 Å². The van der Waals surface area contributed by atoms with E-state index in [0.29, 0.717) is 12.1 Å². The zero-order valence-electron chi connectivity index (χ0n) is 12.5. The maximum absolute atomic E-state index is 13.1. The van der Waals surface area contributed by atoms with Crippen molar-refractivity contribution < 1.29 is 18.4 Å². The molecule has 0 aromatic heterocycles. The fourth-order valence-electron chi connectivity index (χ4n) is 1.97. The van der Waals surface area contributed by atoms with Crippen molar-refractivity contribution in [3.8, 4) is 5.75 Å². The van der Waals surface area contributed by atoms with Gasteiger partial charge in [0.25, 0.3) is 5.69 Å². The van der Waals surface area contributed by atoms with Gasteiger partial charge >= 0.3 is 0 Å². The SMILES string of the molecule is CC(COc1ccc(F)c(F)c1)NCc1ccccc1[N+](=O)[O-]. The van der Waals surface area contributed by atoms with E-state index in [4.69, 9.17) is 4.74 Å². The molecule has 0 amide bonds. The van der Waals surface area contributed by atoms with E-state index in [2.05, 4.69) is 5.32 Å². The lowest BCUT2D eigenvalue weighted by Gasteiger charge is -2.15. The second kappa shape index (κ2) is 7.64. The number of nitro benzene ring substituents is 1. The highest BCUT2D eigenvalue weighted by molar-refractivity contribution is 5.39. The van der Waals surface area contributed by atoms with Crippen molar-refractivity contribution in [3.63, 3.8) is 0 Å². The molecule has 122 valence electrons. The van der Waals surface area contributed by atoms with E-state index in [1.807, 2.05) is 6.92 Å². The van der Waals surface area contributed by atoms with Gasteiger partial charge in [0.1, 0.15) is 12.4 Å². The Morgan fingerprint density at radius 2 is 1.96 bits per heavy atom. The Kier molecular flexibility index (Phi) is 5.59. The van der Waals surface area contributed by atoms with E-state index >= 15 is 0 Å². The van der Waals surface area contributed by atoms with Crippen LogP contribution in [-0.4, -0.2) is 17.6 Å². The lowest BCUT2D eigenvalue weighted by molar-refractivity contribution is -0.385. The Hall–Kier alpha value is -2.54. The Morgan fingerprint density at radius 3 is 2.65 bits per heavy atom. The van der Waals surface area contributed by atoms with Crippen molar-refractivity contribution in [2.24, 2.45) is 0 Å². The van der Waals surface area contributed by atoms with E-state index in [1.54, 1.807) is 18.2 Å². The summed E-state index contributed by atoms with van der Waals surface area (Å²) < 4.78 is 31.2. The number of halogens is 2. The number of ether oxygens (including phenoxy) is 1. The number of hydrogen-bond donors (Lipinski definition) is 1. The largest absolute Gasteiger partial charge is 0.492 e. The van der Waals surface area contributed by atoms with Crippen molar-refractivity contribution in [1.82, 2.24) is 5.32 Å². The molecule has 1 unspecified atom stereocenters. The first-order valence-electron chi connectivity index (χ1n) is 7.01. The zero-order valence-corrected chi connectivity index (χ0v) is 12.5. The molecule has 0 heterocycles. The predicted octanol–water partition coefficient (Wildman–Crippen LogP) is 3.43. The Bertz CT molecular complexity index is 695. The topological polar surface area (TPSA) is 64.4 Å². The van der Waals surface area contributed by atoms with Crippen molar-refractivity contribution in [3.05, 3.63) is 69.8 Å². The fraction of sp³-hybridized carbons (Fsp3) is 0.250. The van der Waals surface area contributed by atoms with Gasteiger partial charge in [-0.1, -0.05) is 18.2 Å². The van der Waals surface area contributed by atoms with Crippen molar-refractivity contribution in [2.75, 3.05) is 6.61 Å². The van der Waals surface area contributed by atoms with Crippen molar-refractivity contribution >= 4 is 5.69 Å². The van der Waals surface area contributed by atoms with Gasteiger partial charge in [-0.25, -0.2) is 8.78 Å². The van der Waals surface area contributed by atoms with Gasteiger partial charge in [-0.3, -0.25) is 10.1 Å². The molecule has 0 aliphatic carbocycles. The van der Waals surface area contributed by atoms with Gasteiger partial charge in [-0.15, -0.1) is 0 Å². The van der Waals surface area contributed by atoms with E-state index in [1.165, 1.54) is 12.1 Å². The van der Waals surface area contributed by atoms with Gasteiger partial charge in [0, 0.05) is 30.3 Å². The van der Waals surface area contributed by atoms with Crippen LogP contribution in [-0.2, 0) is 6.54 Å². The van der Waals surface area contributed by atoms with E-state index in [-0.39, 0.29) is 24.1 Å². The van der Waals surface area contributed by atoms with Gasteiger partial charge in [0.2, 0.25) is 0 Å². The van der Waals surface area contributed by atoms with E-state index < -0.39 is 16.6 Å². The van der Waals surface area contributed by atoms with Crippen LogP contribution in [0.5, 0.6) is 5.75 Å². The van der Waals surface area contributed by atoms with Crippen LogP contribution in [0.3, 0.4) is 0 Å². The van der Waals surface area contributed by atoms with Crippen LogP contribution in [0.15, 0.2) is 42.5 Å². The summed E-state index contributed by atoms with van der Waals surface area (Å²) in [6.07, 6.45) is 0. The van der Waals surface area contributed by atoms with Crippen LogP contribution in [0.4, 0.5) is 14.5 Å². The third kappa shape index (κ3) is 4.72. The lowest BCUT2D eigenvalue weighted by atomic mass is 10.1. The first-order chi connectivity index (χ1) is 11.0. The molecule has 0 saturated carbocycles. The maximum atomic E-state index is 13.1. The summed E-state index contributed by atoms with van der Waals surface area (Å²) >= 11 is 0. The molecule has 1 N–H and O–H groups in total. The van der Waals surface area contributed by atoms with E-state index in [0.717, 1.165) is 12.1 Å². The summed E-state index contributed by atoms with van der Waals surface area (Å²) in [5.41, 5.74) is 0.617. The van der Waals surface area contributed by atoms with Crippen LogP contribution < -0.4 is 10.1 Å². The van der Waals surface area contributed by atoms with E-state index in [9.17, 15) is 18.9 Å². The Labute approximate surface area is 132 Å². The molecule has 0 fully saturated rings. The molecular weight excluding hydrogens is 306 g/mol. The molecular formula is C16H16F2N2O3. The average Bonchev–Trinajstić information content (AvgIpc) is 2.54. The number of benzene rings is 2. The second-order valence-electron chi connectivity index (χ2n) is 5.05. The number of nitrogens with one attached hydrogen (secondary N) is 1. The summed E-state index contributed by atoms with van der Waals surface area (Å²) in [6.45, 7) is 2.35. The van der Waals surface area contributed by atoms with Gasteiger partial charge in [-0.2, -0.15) is 0 Å². The summed E-state index contributed by atoms with van der Waals surface area (Å²) in [7, 11) is 0. The molecule has 7 heteroatoms. The van der Waals surface area contributed by atoms with Gasteiger partial charge in [0.05, 0.1) is 4.92 Å². The molecule has 5 nitrogen and oxygen atoms in total. The number of nitro groups is 1. The highest BCUT2D eigenvalue weighted by Gasteiger charge is 2.13. The minimum Gasteiger partial charge on any atom is -0.492 e. The highest BCUT2D eigenvalue weighted by atomic mass is 19.2. The van der Waals surface area contributed by atoms with Crippen LogP contribution in [0.1, 0.15) is 12.5 Å². The van der Waals surface area contributed by atoms with Gasteiger partial charge in [-0.05, 0) is 19.1 Å². The highest BCUT2D eigenvalue weighted by Crippen LogP contribution is 2.18. The predicted molar refractivity (Wildman–Crippen MR) is 81.3 cm³/mol. The quantitative estimate of drug-likeness (QED) is 0.626. The molecule has 2 aromatic rings. The number of nitrogens with zero attached hydrogens (tertiary/aromatic N) is 1. The molecule has 1 atom stereocenters. The maximum Gasteiger partial charge on any atom is 0.273 e. The normalized spacial score (nSPS) is 12.0. The molecule has 0 bridgehead atoms. The number of rotatable bonds is 7. The third-order valence-electron chi connectivity index (χ3n) is 3.22. The fourth-order valence-corrected chi connectivity index (χ4v) is 1.97. The first-order valence-corrected chi connectivity index (χ1v) is 7.01. The molecule has 2 rings (SSSR count). The zero-order chi connectivity index (χ0) is 16.8. The molecule has 0 saturated heterocycles. The van der Waals surface area contributed by atoms with Gasteiger partial charge in [0.15, 0.2) is 11.6 Å².